The zero-order valence-electron chi connectivity index (χ0n) is 10.9. The van der Waals surface area contributed by atoms with Crippen molar-refractivity contribution in [2.24, 2.45) is 5.92 Å². The fourth-order valence-corrected chi connectivity index (χ4v) is 2.90. The summed E-state index contributed by atoms with van der Waals surface area (Å²) in [4.78, 5) is 13.8. The van der Waals surface area contributed by atoms with Gasteiger partial charge in [0, 0.05) is 13.1 Å². The monoisotopic (exact) mass is 241 g/mol. The first kappa shape index (κ1) is 12.8. The Morgan fingerprint density at radius 2 is 2.18 bits per heavy atom. The van der Waals surface area contributed by atoms with Crippen LogP contribution in [0.1, 0.15) is 32.6 Å². The topological polar surface area (TPSA) is 38.8 Å². The molecule has 0 bridgehead atoms. The second kappa shape index (κ2) is 5.36. The third-order valence-corrected chi connectivity index (χ3v) is 3.94. The van der Waals surface area contributed by atoms with Crippen LogP contribution in [0, 0.1) is 5.92 Å². The minimum atomic E-state index is -0.0777. The summed E-state index contributed by atoms with van der Waals surface area (Å²) in [6.07, 6.45) is 3.75. The molecule has 2 saturated heterocycles. The lowest BCUT2D eigenvalue weighted by molar-refractivity contribution is -0.144. The van der Waals surface area contributed by atoms with E-state index in [9.17, 15) is 4.79 Å². The van der Waals surface area contributed by atoms with E-state index in [1.54, 1.807) is 0 Å². The zero-order valence-corrected chi connectivity index (χ0v) is 10.9. The van der Waals surface area contributed by atoms with Crippen molar-refractivity contribution in [2.75, 3.05) is 33.4 Å². The van der Waals surface area contributed by atoms with Crippen LogP contribution in [0.4, 0.5) is 0 Å². The molecular weight excluding hydrogens is 218 g/mol. The molecule has 0 aliphatic carbocycles. The first-order valence-electron chi connectivity index (χ1n) is 6.62. The molecule has 17 heavy (non-hydrogen) atoms. The van der Waals surface area contributed by atoms with Crippen molar-refractivity contribution in [3.05, 3.63) is 0 Å². The van der Waals surface area contributed by atoms with E-state index in [1.165, 1.54) is 0 Å². The van der Waals surface area contributed by atoms with E-state index in [0.29, 0.717) is 18.9 Å². The minimum absolute atomic E-state index is 0.0592. The predicted octanol–water partition coefficient (Wildman–Crippen LogP) is 1.44. The van der Waals surface area contributed by atoms with Crippen LogP contribution < -0.4 is 0 Å². The molecule has 4 heteroatoms. The Labute approximate surface area is 103 Å². The maximum absolute atomic E-state index is 11.4. The van der Waals surface area contributed by atoms with Crippen molar-refractivity contribution in [3.63, 3.8) is 0 Å². The average molecular weight is 241 g/mol. The van der Waals surface area contributed by atoms with Gasteiger partial charge in [-0.3, -0.25) is 4.79 Å². The van der Waals surface area contributed by atoms with Crippen molar-refractivity contribution >= 4 is 5.97 Å². The summed E-state index contributed by atoms with van der Waals surface area (Å²) in [5.74, 6) is 0.281. The Hall–Kier alpha value is -0.610. The van der Waals surface area contributed by atoms with Gasteiger partial charge in [0.15, 0.2) is 0 Å². The van der Waals surface area contributed by atoms with Gasteiger partial charge in [-0.2, -0.15) is 0 Å². The standard InChI is InChI=1S/C13H23NO3/c1-3-16-12(15)8-11-9-13(17-10-11)4-6-14(2)7-5-13/h11H,3-10H2,1-2H3. The van der Waals surface area contributed by atoms with Crippen LogP contribution in [-0.4, -0.2) is 49.8 Å². The van der Waals surface area contributed by atoms with Crippen LogP contribution in [0.5, 0.6) is 0 Å². The molecule has 2 heterocycles. The third-order valence-electron chi connectivity index (χ3n) is 3.94. The molecule has 4 nitrogen and oxygen atoms in total. The maximum Gasteiger partial charge on any atom is 0.306 e. The van der Waals surface area contributed by atoms with Crippen molar-refractivity contribution in [1.82, 2.24) is 4.90 Å². The van der Waals surface area contributed by atoms with Crippen molar-refractivity contribution < 1.29 is 14.3 Å². The molecule has 2 aliphatic rings. The fraction of sp³-hybridized carbons (Fsp3) is 0.923. The molecule has 2 aliphatic heterocycles. The van der Waals surface area contributed by atoms with Gasteiger partial charge in [0.2, 0.25) is 0 Å². The van der Waals surface area contributed by atoms with Gasteiger partial charge in [0.05, 0.1) is 25.2 Å². The first-order valence-corrected chi connectivity index (χ1v) is 6.62. The third kappa shape index (κ3) is 3.19. The minimum Gasteiger partial charge on any atom is -0.466 e. The van der Waals surface area contributed by atoms with Crippen molar-refractivity contribution in [2.45, 2.75) is 38.2 Å². The van der Waals surface area contributed by atoms with Gasteiger partial charge in [-0.15, -0.1) is 0 Å². The Bertz CT molecular complexity index is 272. The van der Waals surface area contributed by atoms with Crippen LogP contribution in [0.3, 0.4) is 0 Å². The quantitative estimate of drug-likeness (QED) is 0.701. The molecule has 0 aromatic rings. The first-order chi connectivity index (χ1) is 8.13. The summed E-state index contributed by atoms with van der Waals surface area (Å²) in [6.45, 7) is 5.25. The number of hydrogen-bond acceptors (Lipinski definition) is 4. The highest BCUT2D eigenvalue weighted by atomic mass is 16.5. The van der Waals surface area contributed by atoms with Crippen molar-refractivity contribution in [1.29, 1.82) is 0 Å². The van der Waals surface area contributed by atoms with Gasteiger partial charge in [-0.05, 0) is 39.2 Å². The van der Waals surface area contributed by atoms with Gasteiger partial charge in [-0.1, -0.05) is 0 Å². The fourth-order valence-electron chi connectivity index (χ4n) is 2.90. The molecule has 98 valence electrons. The van der Waals surface area contributed by atoms with Crippen LogP contribution >= 0.6 is 0 Å². The molecule has 0 amide bonds. The summed E-state index contributed by atoms with van der Waals surface area (Å²) < 4.78 is 11.0. The van der Waals surface area contributed by atoms with E-state index in [-0.39, 0.29) is 11.6 Å². The number of ether oxygens (including phenoxy) is 2. The van der Waals surface area contributed by atoms with Gasteiger partial charge in [-0.25, -0.2) is 0 Å². The number of esters is 1. The molecule has 0 aromatic heterocycles. The molecule has 0 aromatic carbocycles. The zero-order chi connectivity index (χ0) is 12.3. The second-order valence-electron chi connectivity index (χ2n) is 5.38. The number of likely N-dealkylation sites (tertiary alicyclic amines) is 1. The van der Waals surface area contributed by atoms with Crippen LogP contribution in [0.15, 0.2) is 0 Å². The summed E-state index contributed by atoms with van der Waals surface area (Å²) in [6, 6.07) is 0. The number of piperidine rings is 1. The molecule has 1 spiro atoms. The number of carbonyl (C=O) groups is 1. The lowest BCUT2D eigenvalue weighted by Crippen LogP contribution is -2.42. The molecule has 0 N–H and O–H groups in total. The van der Waals surface area contributed by atoms with Crippen LogP contribution in [0.25, 0.3) is 0 Å². The number of rotatable bonds is 3. The molecule has 0 radical (unpaired) electrons. The lowest BCUT2D eigenvalue weighted by atomic mass is 9.85. The van der Waals surface area contributed by atoms with E-state index in [4.69, 9.17) is 9.47 Å². The Kier molecular flexibility index (Phi) is 4.05. The summed E-state index contributed by atoms with van der Waals surface area (Å²) in [5, 5.41) is 0. The van der Waals surface area contributed by atoms with E-state index in [0.717, 1.165) is 39.0 Å². The average Bonchev–Trinajstić information content (AvgIpc) is 2.67. The van der Waals surface area contributed by atoms with Gasteiger partial charge >= 0.3 is 5.97 Å². The van der Waals surface area contributed by atoms with E-state index < -0.39 is 0 Å². The number of nitrogens with zero attached hydrogens (tertiary/aromatic N) is 1. The number of carbonyl (C=O) groups excluding carboxylic acids is 1. The summed E-state index contributed by atoms with van der Waals surface area (Å²) in [7, 11) is 2.15. The highest BCUT2D eigenvalue weighted by molar-refractivity contribution is 5.69. The predicted molar refractivity (Wildman–Crippen MR) is 64.8 cm³/mol. The van der Waals surface area contributed by atoms with E-state index >= 15 is 0 Å². The number of hydrogen-bond donors (Lipinski definition) is 0. The summed E-state index contributed by atoms with van der Waals surface area (Å²) in [5.41, 5.74) is 0.0592. The van der Waals surface area contributed by atoms with E-state index in [2.05, 4.69) is 11.9 Å². The Morgan fingerprint density at radius 3 is 2.82 bits per heavy atom. The molecule has 1 atom stereocenters. The highest BCUT2D eigenvalue weighted by Crippen LogP contribution is 2.39. The molecular formula is C13H23NO3. The second-order valence-corrected chi connectivity index (χ2v) is 5.38. The largest absolute Gasteiger partial charge is 0.466 e. The maximum atomic E-state index is 11.4. The van der Waals surface area contributed by atoms with Crippen LogP contribution in [-0.2, 0) is 14.3 Å². The molecule has 1 unspecified atom stereocenters. The molecule has 2 rings (SSSR count). The van der Waals surface area contributed by atoms with Crippen LogP contribution in [0.2, 0.25) is 0 Å². The van der Waals surface area contributed by atoms with E-state index in [1.807, 2.05) is 6.92 Å². The SMILES string of the molecule is CCOC(=O)CC1COC2(CCN(C)CC2)C1. The highest BCUT2D eigenvalue weighted by Gasteiger charge is 2.42. The normalized spacial score (nSPS) is 28.5. The van der Waals surface area contributed by atoms with Crippen molar-refractivity contribution in [3.8, 4) is 0 Å². The van der Waals surface area contributed by atoms with Gasteiger partial charge in [0.1, 0.15) is 0 Å². The lowest BCUT2D eigenvalue weighted by Gasteiger charge is -2.37. The smallest absolute Gasteiger partial charge is 0.306 e. The summed E-state index contributed by atoms with van der Waals surface area (Å²) >= 11 is 0. The molecule has 0 saturated carbocycles. The van der Waals surface area contributed by atoms with Gasteiger partial charge < -0.3 is 14.4 Å². The Balaban J connectivity index is 1.80. The molecule has 2 fully saturated rings. The Morgan fingerprint density at radius 1 is 1.47 bits per heavy atom. The van der Waals surface area contributed by atoms with Gasteiger partial charge in [0.25, 0.3) is 0 Å².